The molecule has 1 saturated carbocycles. The highest BCUT2D eigenvalue weighted by atomic mass is 32.2. The van der Waals surface area contributed by atoms with E-state index in [1.165, 1.54) is 29.3 Å². The summed E-state index contributed by atoms with van der Waals surface area (Å²) >= 11 is 1.50. The van der Waals surface area contributed by atoms with Crippen molar-refractivity contribution in [2.75, 3.05) is 12.4 Å². The normalized spacial score (nSPS) is 20.4. The lowest BCUT2D eigenvalue weighted by Crippen LogP contribution is -2.43. The SMILES string of the molecule is Cc1ccc(CSCC(=O)OCC(=O)N[C@@H]2CCCC[C@H]2C)cc1. The quantitative estimate of drug-likeness (QED) is 0.766. The van der Waals surface area contributed by atoms with Gasteiger partial charge < -0.3 is 10.1 Å². The number of thioether (sulfide) groups is 1. The zero-order valence-electron chi connectivity index (χ0n) is 14.5. The number of amides is 1. The lowest BCUT2D eigenvalue weighted by Gasteiger charge is -2.29. The summed E-state index contributed by atoms with van der Waals surface area (Å²) in [6, 6.07) is 8.47. The van der Waals surface area contributed by atoms with Gasteiger partial charge in [0.05, 0.1) is 5.75 Å². The topological polar surface area (TPSA) is 55.4 Å². The van der Waals surface area contributed by atoms with E-state index in [1.54, 1.807) is 0 Å². The second-order valence-electron chi connectivity index (χ2n) is 6.57. The number of esters is 1. The van der Waals surface area contributed by atoms with Crippen LogP contribution in [0.4, 0.5) is 0 Å². The van der Waals surface area contributed by atoms with Gasteiger partial charge in [-0.3, -0.25) is 9.59 Å². The van der Waals surface area contributed by atoms with Crippen molar-refractivity contribution >= 4 is 23.6 Å². The highest BCUT2D eigenvalue weighted by Crippen LogP contribution is 2.23. The summed E-state index contributed by atoms with van der Waals surface area (Å²) in [4.78, 5) is 23.6. The molecule has 0 bridgehead atoms. The van der Waals surface area contributed by atoms with Gasteiger partial charge in [-0.25, -0.2) is 0 Å². The molecule has 1 aliphatic carbocycles. The Labute approximate surface area is 148 Å². The predicted molar refractivity (Wildman–Crippen MR) is 97.9 cm³/mol. The van der Waals surface area contributed by atoms with Crippen LogP contribution in [0, 0.1) is 12.8 Å². The standard InChI is InChI=1S/C19H27NO3S/c1-14-7-9-16(10-8-14)12-24-13-19(22)23-11-18(21)20-17-6-4-3-5-15(17)2/h7-10,15,17H,3-6,11-13H2,1-2H3,(H,20,21)/t15-,17-/m1/s1. The number of hydrogen-bond donors (Lipinski definition) is 1. The third-order valence-corrected chi connectivity index (χ3v) is 5.41. The molecule has 132 valence electrons. The van der Waals surface area contributed by atoms with Crippen molar-refractivity contribution in [3.05, 3.63) is 35.4 Å². The Kier molecular flexibility index (Phi) is 7.63. The molecule has 0 unspecified atom stereocenters. The highest BCUT2D eigenvalue weighted by molar-refractivity contribution is 7.99. The Hall–Kier alpha value is -1.49. The maximum absolute atomic E-state index is 11.9. The van der Waals surface area contributed by atoms with E-state index < -0.39 is 0 Å². The molecule has 0 aliphatic heterocycles. The van der Waals surface area contributed by atoms with E-state index in [2.05, 4.69) is 36.5 Å². The van der Waals surface area contributed by atoms with E-state index in [0.717, 1.165) is 25.0 Å². The molecule has 2 rings (SSSR count). The molecule has 0 radical (unpaired) electrons. The lowest BCUT2D eigenvalue weighted by molar-refractivity contribution is -0.146. The second-order valence-corrected chi connectivity index (χ2v) is 7.56. The van der Waals surface area contributed by atoms with Crippen molar-refractivity contribution in [3.63, 3.8) is 0 Å². The Morgan fingerprint density at radius 1 is 1.21 bits per heavy atom. The van der Waals surface area contributed by atoms with Crippen molar-refractivity contribution in [2.24, 2.45) is 5.92 Å². The molecule has 0 spiro atoms. The number of ether oxygens (including phenoxy) is 1. The second kappa shape index (κ2) is 9.72. The monoisotopic (exact) mass is 349 g/mol. The average molecular weight is 349 g/mol. The third kappa shape index (κ3) is 6.56. The van der Waals surface area contributed by atoms with E-state index in [1.807, 2.05) is 6.92 Å². The van der Waals surface area contributed by atoms with Crippen LogP contribution in [0.2, 0.25) is 0 Å². The minimum atomic E-state index is -0.334. The summed E-state index contributed by atoms with van der Waals surface area (Å²) in [7, 11) is 0. The molecule has 5 heteroatoms. The number of carbonyl (C=O) groups is 2. The van der Waals surface area contributed by atoms with Gasteiger partial charge in [0.15, 0.2) is 6.61 Å². The number of hydrogen-bond acceptors (Lipinski definition) is 4. The third-order valence-electron chi connectivity index (χ3n) is 4.43. The first-order chi connectivity index (χ1) is 11.5. The van der Waals surface area contributed by atoms with Crippen molar-refractivity contribution < 1.29 is 14.3 Å². The fourth-order valence-corrected chi connectivity index (χ4v) is 3.68. The van der Waals surface area contributed by atoms with Crippen LogP contribution in [0.1, 0.15) is 43.7 Å². The molecule has 2 atom stereocenters. The van der Waals surface area contributed by atoms with Gasteiger partial charge in [0, 0.05) is 11.8 Å². The molecule has 4 nitrogen and oxygen atoms in total. The summed E-state index contributed by atoms with van der Waals surface area (Å²) in [5.74, 6) is 1.01. The summed E-state index contributed by atoms with van der Waals surface area (Å²) in [6.45, 7) is 4.04. The van der Waals surface area contributed by atoms with E-state index in [0.29, 0.717) is 5.92 Å². The number of benzene rings is 1. The van der Waals surface area contributed by atoms with Gasteiger partial charge in [-0.1, -0.05) is 49.6 Å². The van der Waals surface area contributed by atoms with E-state index in [-0.39, 0.29) is 30.3 Å². The van der Waals surface area contributed by atoms with Crippen LogP contribution in [-0.2, 0) is 20.1 Å². The Balaban J connectivity index is 1.60. The Morgan fingerprint density at radius 3 is 2.62 bits per heavy atom. The molecule has 1 aromatic carbocycles. The van der Waals surface area contributed by atoms with Crippen molar-refractivity contribution in [3.8, 4) is 0 Å². The van der Waals surface area contributed by atoms with Crippen molar-refractivity contribution in [2.45, 2.75) is 51.3 Å². The molecule has 1 aliphatic rings. The fraction of sp³-hybridized carbons (Fsp3) is 0.579. The molecule has 24 heavy (non-hydrogen) atoms. The molecular formula is C19H27NO3S. The molecule has 0 saturated heterocycles. The lowest BCUT2D eigenvalue weighted by atomic mass is 9.86. The first kappa shape index (κ1) is 18.8. The summed E-state index contributed by atoms with van der Waals surface area (Å²) in [6.07, 6.45) is 4.57. The largest absolute Gasteiger partial charge is 0.455 e. The average Bonchev–Trinajstić information content (AvgIpc) is 2.57. The van der Waals surface area contributed by atoms with Crippen molar-refractivity contribution in [1.82, 2.24) is 5.32 Å². The van der Waals surface area contributed by atoms with E-state index in [4.69, 9.17) is 4.74 Å². The van der Waals surface area contributed by atoms with Gasteiger partial charge >= 0.3 is 5.97 Å². The minimum Gasteiger partial charge on any atom is -0.455 e. The van der Waals surface area contributed by atoms with Crippen LogP contribution in [0.15, 0.2) is 24.3 Å². The molecular weight excluding hydrogens is 322 g/mol. The Bertz CT molecular complexity index is 544. The van der Waals surface area contributed by atoms with Gasteiger partial charge in [-0.2, -0.15) is 0 Å². The zero-order chi connectivity index (χ0) is 17.4. The van der Waals surface area contributed by atoms with E-state index >= 15 is 0 Å². The highest BCUT2D eigenvalue weighted by Gasteiger charge is 2.23. The number of carbonyl (C=O) groups excluding carboxylic acids is 2. The predicted octanol–water partition coefficient (Wildman–Crippen LogP) is 3.47. The maximum Gasteiger partial charge on any atom is 0.316 e. The van der Waals surface area contributed by atoms with Gasteiger partial charge in [-0.15, -0.1) is 11.8 Å². The molecule has 1 aromatic rings. The minimum absolute atomic E-state index is 0.173. The van der Waals surface area contributed by atoms with Crippen LogP contribution in [0.3, 0.4) is 0 Å². The summed E-state index contributed by atoms with van der Waals surface area (Å²) in [5, 5.41) is 2.99. The summed E-state index contributed by atoms with van der Waals surface area (Å²) < 4.78 is 5.07. The number of nitrogens with one attached hydrogen (secondary N) is 1. The molecule has 1 fully saturated rings. The van der Waals surface area contributed by atoms with Gasteiger partial charge in [0.25, 0.3) is 5.91 Å². The Morgan fingerprint density at radius 2 is 1.92 bits per heavy atom. The fourth-order valence-electron chi connectivity index (χ4n) is 2.90. The van der Waals surface area contributed by atoms with Crippen LogP contribution >= 0.6 is 11.8 Å². The first-order valence-electron chi connectivity index (χ1n) is 8.63. The van der Waals surface area contributed by atoms with Crippen LogP contribution in [0.5, 0.6) is 0 Å². The number of rotatable bonds is 7. The van der Waals surface area contributed by atoms with Gasteiger partial charge in [0.1, 0.15) is 0 Å². The molecule has 0 heterocycles. The van der Waals surface area contributed by atoms with E-state index in [9.17, 15) is 9.59 Å². The number of aryl methyl sites for hydroxylation is 1. The van der Waals surface area contributed by atoms with Gasteiger partial charge in [-0.05, 0) is 31.2 Å². The van der Waals surface area contributed by atoms with Crippen LogP contribution < -0.4 is 5.32 Å². The molecule has 0 aromatic heterocycles. The van der Waals surface area contributed by atoms with Crippen molar-refractivity contribution in [1.29, 1.82) is 0 Å². The molecule has 1 amide bonds. The zero-order valence-corrected chi connectivity index (χ0v) is 15.4. The van der Waals surface area contributed by atoms with Gasteiger partial charge in [0.2, 0.25) is 0 Å². The first-order valence-corrected chi connectivity index (χ1v) is 9.78. The molecule has 1 N–H and O–H groups in total. The maximum atomic E-state index is 11.9. The summed E-state index contributed by atoms with van der Waals surface area (Å²) in [5.41, 5.74) is 2.41. The smallest absolute Gasteiger partial charge is 0.316 e. The van der Waals surface area contributed by atoms with Crippen LogP contribution in [-0.4, -0.2) is 30.3 Å². The van der Waals surface area contributed by atoms with Crippen LogP contribution in [0.25, 0.3) is 0 Å².